The van der Waals surface area contributed by atoms with Crippen LogP contribution in [-0.2, 0) is 11.3 Å². The van der Waals surface area contributed by atoms with Crippen molar-refractivity contribution in [2.24, 2.45) is 0 Å². The van der Waals surface area contributed by atoms with E-state index in [1.54, 1.807) is 47.6 Å². The van der Waals surface area contributed by atoms with Crippen molar-refractivity contribution in [2.75, 3.05) is 16.8 Å². The van der Waals surface area contributed by atoms with E-state index in [1.165, 1.54) is 0 Å². The van der Waals surface area contributed by atoms with Gasteiger partial charge in [0, 0.05) is 23.6 Å². The van der Waals surface area contributed by atoms with Crippen molar-refractivity contribution >= 4 is 23.2 Å². The maximum Gasteiger partial charge on any atom is 0.265 e. The van der Waals surface area contributed by atoms with Crippen LogP contribution in [0.1, 0.15) is 21.5 Å². The summed E-state index contributed by atoms with van der Waals surface area (Å²) >= 11 is 0. The van der Waals surface area contributed by atoms with E-state index in [2.05, 4.69) is 10.3 Å². The molecule has 0 bridgehead atoms. The molecule has 2 heterocycles. The van der Waals surface area contributed by atoms with Gasteiger partial charge < -0.3 is 15.0 Å². The quantitative estimate of drug-likeness (QED) is 0.759. The third-order valence-electron chi connectivity index (χ3n) is 4.56. The molecule has 6 nitrogen and oxygen atoms in total. The molecule has 0 atom stereocenters. The van der Waals surface area contributed by atoms with Gasteiger partial charge in [0.1, 0.15) is 5.75 Å². The van der Waals surface area contributed by atoms with E-state index in [4.69, 9.17) is 4.74 Å². The zero-order valence-electron chi connectivity index (χ0n) is 15.4. The van der Waals surface area contributed by atoms with E-state index in [0.29, 0.717) is 29.2 Å². The normalized spacial score (nSPS) is 12.9. The number of aromatic nitrogens is 1. The fraction of sp³-hybridized carbons (Fsp3) is 0.136. The first kappa shape index (κ1) is 17.7. The minimum Gasteiger partial charge on any atom is -0.482 e. The summed E-state index contributed by atoms with van der Waals surface area (Å²) in [6, 6.07) is 16.6. The first-order valence-corrected chi connectivity index (χ1v) is 8.94. The van der Waals surface area contributed by atoms with E-state index in [0.717, 1.165) is 11.1 Å². The fourth-order valence-corrected chi connectivity index (χ4v) is 3.03. The van der Waals surface area contributed by atoms with Gasteiger partial charge in [-0.1, -0.05) is 29.8 Å². The van der Waals surface area contributed by atoms with Crippen molar-refractivity contribution in [1.82, 2.24) is 4.98 Å². The van der Waals surface area contributed by atoms with Gasteiger partial charge in [0.2, 0.25) is 0 Å². The van der Waals surface area contributed by atoms with Crippen LogP contribution in [0.4, 0.5) is 11.4 Å². The zero-order chi connectivity index (χ0) is 19.5. The van der Waals surface area contributed by atoms with Gasteiger partial charge in [0.05, 0.1) is 12.2 Å². The summed E-state index contributed by atoms with van der Waals surface area (Å²) in [7, 11) is 0. The first-order valence-electron chi connectivity index (χ1n) is 8.94. The Morgan fingerprint density at radius 1 is 1.11 bits per heavy atom. The standard InChI is InChI=1S/C22H19N3O3/c1-15-2-4-16(5-3-15)13-25-19-12-17(6-7-20(19)28-14-21(25)26)22(27)24-18-8-10-23-11-9-18/h2-12H,13-14H2,1H3,(H,23,24,27). The number of rotatable bonds is 4. The molecule has 1 aromatic heterocycles. The van der Waals surface area contributed by atoms with E-state index < -0.39 is 0 Å². The monoisotopic (exact) mass is 373 g/mol. The topological polar surface area (TPSA) is 71.5 Å². The van der Waals surface area contributed by atoms with E-state index in [1.807, 2.05) is 31.2 Å². The molecule has 1 aliphatic heterocycles. The number of carbonyl (C=O) groups excluding carboxylic acids is 2. The number of nitrogens with zero attached hydrogens (tertiary/aromatic N) is 2. The number of anilines is 2. The smallest absolute Gasteiger partial charge is 0.265 e. The van der Waals surface area contributed by atoms with E-state index in [-0.39, 0.29) is 18.4 Å². The molecule has 0 spiro atoms. The SMILES string of the molecule is Cc1ccc(CN2C(=O)COc3ccc(C(=O)Nc4ccncc4)cc32)cc1. The Morgan fingerprint density at radius 2 is 1.86 bits per heavy atom. The van der Waals surface area contributed by atoms with Crippen molar-refractivity contribution in [3.05, 3.63) is 83.7 Å². The van der Waals surface area contributed by atoms with Gasteiger partial charge in [-0.2, -0.15) is 0 Å². The second-order valence-corrected chi connectivity index (χ2v) is 6.63. The van der Waals surface area contributed by atoms with Crippen LogP contribution >= 0.6 is 0 Å². The molecule has 0 radical (unpaired) electrons. The zero-order valence-corrected chi connectivity index (χ0v) is 15.4. The summed E-state index contributed by atoms with van der Waals surface area (Å²) in [6.45, 7) is 2.43. The number of benzene rings is 2. The summed E-state index contributed by atoms with van der Waals surface area (Å²) in [6.07, 6.45) is 3.22. The van der Waals surface area contributed by atoms with Crippen molar-refractivity contribution in [2.45, 2.75) is 13.5 Å². The Balaban J connectivity index is 1.61. The maximum absolute atomic E-state index is 12.6. The number of pyridine rings is 1. The summed E-state index contributed by atoms with van der Waals surface area (Å²) in [5.41, 5.74) is 3.87. The minimum atomic E-state index is -0.262. The van der Waals surface area contributed by atoms with Crippen molar-refractivity contribution in [3.8, 4) is 5.75 Å². The second kappa shape index (κ2) is 7.52. The lowest BCUT2D eigenvalue weighted by Crippen LogP contribution is -2.38. The average Bonchev–Trinajstić information content (AvgIpc) is 2.72. The molecule has 28 heavy (non-hydrogen) atoms. The first-order chi connectivity index (χ1) is 13.6. The van der Waals surface area contributed by atoms with E-state index >= 15 is 0 Å². The lowest BCUT2D eigenvalue weighted by atomic mass is 10.1. The van der Waals surface area contributed by atoms with Gasteiger partial charge in [-0.05, 0) is 42.8 Å². The van der Waals surface area contributed by atoms with Gasteiger partial charge in [-0.3, -0.25) is 14.6 Å². The Morgan fingerprint density at radius 3 is 2.61 bits per heavy atom. The molecule has 0 aliphatic carbocycles. The highest BCUT2D eigenvalue weighted by Crippen LogP contribution is 2.34. The summed E-state index contributed by atoms with van der Waals surface area (Å²) in [5.74, 6) is 0.189. The number of ether oxygens (including phenoxy) is 1. The van der Waals surface area contributed by atoms with Crippen molar-refractivity contribution in [3.63, 3.8) is 0 Å². The molecule has 1 N–H and O–H groups in total. The molecular formula is C22H19N3O3. The molecule has 140 valence electrons. The molecule has 0 unspecified atom stereocenters. The number of carbonyl (C=O) groups is 2. The third kappa shape index (κ3) is 3.71. The summed E-state index contributed by atoms with van der Waals surface area (Å²) < 4.78 is 5.54. The van der Waals surface area contributed by atoms with Crippen molar-refractivity contribution < 1.29 is 14.3 Å². The molecule has 6 heteroatoms. The minimum absolute atomic E-state index is 0.0125. The molecular weight excluding hydrogens is 354 g/mol. The van der Waals surface area contributed by atoms with Gasteiger partial charge in [-0.25, -0.2) is 0 Å². The number of amides is 2. The maximum atomic E-state index is 12.6. The Kier molecular flexibility index (Phi) is 4.76. The molecule has 0 saturated carbocycles. The fourth-order valence-electron chi connectivity index (χ4n) is 3.03. The second-order valence-electron chi connectivity index (χ2n) is 6.63. The van der Waals surface area contributed by atoms with Crippen molar-refractivity contribution in [1.29, 1.82) is 0 Å². The molecule has 3 aromatic rings. The van der Waals surface area contributed by atoms with Crippen LogP contribution < -0.4 is 15.0 Å². The van der Waals surface area contributed by atoms with E-state index in [9.17, 15) is 9.59 Å². The highest BCUT2D eigenvalue weighted by atomic mass is 16.5. The van der Waals surface area contributed by atoms with Gasteiger partial charge in [-0.15, -0.1) is 0 Å². The lowest BCUT2D eigenvalue weighted by Gasteiger charge is -2.30. The van der Waals surface area contributed by atoms with Gasteiger partial charge in [0.25, 0.3) is 11.8 Å². The molecule has 2 amide bonds. The molecule has 2 aromatic carbocycles. The lowest BCUT2D eigenvalue weighted by molar-refractivity contribution is -0.121. The van der Waals surface area contributed by atoms with Gasteiger partial charge >= 0.3 is 0 Å². The van der Waals surface area contributed by atoms with Crippen LogP contribution in [0.25, 0.3) is 0 Å². The predicted molar refractivity (Wildman–Crippen MR) is 106 cm³/mol. The molecule has 1 aliphatic rings. The average molecular weight is 373 g/mol. The van der Waals surface area contributed by atoms with Crippen LogP contribution in [-0.4, -0.2) is 23.4 Å². The van der Waals surface area contributed by atoms with Crippen LogP contribution in [0.3, 0.4) is 0 Å². The largest absolute Gasteiger partial charge is 0.482 e. The molecule has 0 saturated heterocycles. The highest BCUT2D eigenvalue weighted by molar-refractivity contribution is 6.06. The number of nitrogens with one attached hydrogen (secondary N) is 1. The van der Waals surface area contributed by atoms with Crippen LogP contribution in [0, 0.1) is 6.92 Å². The Bertz CT molecular complexity index is 1020. The third-order valence-corrected chi connectivity index (χ3v) is 4.56. The number of hydrogen-bond acceptors (Lipinski definition) is 4. The number of fused-ring (bicyclic) bond motifs is 1. The summed E-state index contributed by atoms with van der Waals surface area (Å²) in [4.78, 5) is 30.7. The van der Waals surface area contributed by atoms with Crippen LogP contribution in [0.15, 0.2) is 67.0 Å². The Hall–Kier alpha value is -3.67. The molecule has 4 rings (SSSR count). The molecule has 0 fully saturated rings. The van der Waals surface area contributed by atoms with Crippen LogP contribution in [0.2, 0.25) is 0 Å². The van der Waals surface area contributed by atoms with Crippen LogP contribution in [0.5, 0.6) is 5.75 Å². The predicted octanol–water partition coefficient (Wildman–Crippen LogP) is 3.57. The summed E-state index contributed by atoms with van der Waals surface area (Å²) in [5, 5.41) is 2.82. The van der Waals surface area contributed by atoms with Gasteiger partial charge in [0.15, 0.2) is 6.61 Å². The number of hydrogen-bond donors (Lipinski definition) is 1. The Labute approximate surface area is 162 Å². The number of aryl methyl sites for hydroxylation is 1. The highest BCUT2D eigenvalue weighted by Gasteiger charge is 2.26.